The smallest absolute Gasteiger partial charge is 0.335 e. The fourth-order valence-electron chi connectivity index (χ4n) is 1.98. The summed E-state index contributed by atoms with van der Waals surface area (Å²) >= 11 is 2.14. The van der Waals surface area contributed by atoms with Crippen LogP contribution in [0, 0.1) is 27.2 Å². The average molecular weight is 429 g/mol. The fraction of sp³-hybridized carbons (Fsp3) is 0.0526. The predicted octanol–water partition coefficient (Wildman–Crippen LogP) is 4.07. The number of aromatic carboxylic acids is 1. The van der Waals surface area contributed by atoms with E-state index < -0.39 is 5.97 Å². The lowest BCUT2D eigenvalue weighted by molar-refractivity contribution is 0.0697. The molecule has 2 rings (SSSR count). The number of nitrogens with zero attached hydrogens (tertiary/aromatic N) is 1. The number of halogens is 1. The van der Waals surface area contributed by atoms with Gasteiger partial charge in [-0.25, -0.2) is 4.79 Å². The van der Waals surface area contributed by atoms with Crippen molar-refractivity contribution in [2.24, 2.45) is 0 Å². The predicted molar refractivity (Wildman–Crippen MR) is 100 cm³/mol. The number of rotatable bonds is 5. The van der Waals surface area contributed by atoms with Gasteiger partial charge in [0.05, 0.1) is 20.8 Å². The Morgan fingerprint density at radius 1 is 1.25 bits per heavy atom. The number of allylic oxidation sites excluding steroid dienone is 1. The molecule has 24 heavy (non-hydrogen) atoms. The van der Waals surface area contributed by atoms with Gasteiger partial charge in [0.25, 0.3) is 0 Å². The minimum Gasteiger partial charge on any atom is -0.480 e. The minimum atomic E-state index is -0.999. The van der Waals surface area contributed by atoms with E-state index in [2.05, 4.69) is 34.6 Å². The molecule has 0 spiro atoms. The van der Waals surface area contributed by atoms with E-state index in [1.807, 2.05) is 12.1 Å². The number of hydrogen-bond acceptors (Lipinski definition) is 3. The molecule has 0 aliphatic rings. The highest BCUT2D eigenvalue weighted by Crippen LogP contribution is 2.25. The molecule has 0 radical (unpaired) electrons. The standard InChI is InChI=1S/C19H12INO3/c1-2-9-24-18-8-3-13(11-17(18)20)10-16(12-21)14-4-6-15(7-5-14)19(22)23/h1,3-8,10-11H,9H2,(H,22,23)/b16-10-. The van der Waals surface area contributed by atoms with Gasteiger partial charge in [0, 0.05) is 0 Å². The third kappa shape index (κ3) is 4.37. The van der Waals surface area contributed by atoms with Gasteiger partial charge in [-0.3, -0.25) is 0 Å². The molecule has 2 aromatic rings. The molecule has 5 heteroatoms. The summed E-state index contributed by atoms with van der Waals surface area (Å²) in [6.45, 7) is 0.199. The summed E-state index contributed by atoms with van der Waals surface area (Å²) in [4.78, 5) is 10.9. The van der Waals surface area contributed by atoms with Gasteiger partial charge in [-0.15, -0.1) is 6.42 Å². The first-order chi connectivity index (χ1) is 11.5. The number of hydrogen-bond donors (Lipinski definition) is 1. The lowest BCUT2D eigenvalue weighted by atomic mass is 10.0. The zero-order valence-corrected chi connectivity index (χ0v) is 14.6. The average Bonchev–Trinajstić information content (AvgIpc) is 2.59. The zero-order valence-electron chi connectivity index (χ0n) is 12.5. The van der Waals surface area contributed by atoms with E-state index in [1.165, 1.54) is 12.1 Å². The van der Waals surface area contributed by atoms with Crippen molar-refractivity contribution in [1.29, 1.82) is 5.26 Å². The molecule has 0 heterocycles. The zero-order chi connectivity index (χ0) is 17.5. The van der Waals surface area contributed by atoms with Crippen LogP contribution >= 0.6 is 22.6 Å². The second-order valence-corrected chi connectivity index (χ2v) is 5.90. The summed E-state index contributed by atoms with van der Waals surface area (Å²) in [7, 11) is 0. The number of benzene rings is 2. The number of terminal acetylenes is 1. The maximum absolute atomic E-state index is 10.9. The Kier molecular flexibility index (Phi) is 6.00. The molecule has 118 valence electrons. The molecule has 0 aliphatic carbocycles. The Morgan fingerprint density at radius 3 is 2.46 bits per heavy atom. The van der Waals surface area contributed by atoms with Crippen LogP contribution in [-0.4, -0.2) is 17.7 Å². The van der Waals surface area contributed by atoms with Crippen LogP contribution in [0.3, 0.4) is 0 Å². The first-order valence-electron chi connectivity index (χ1n) is 6.86. The van der Waals surface area contributed by atoms with Crippen molar-refractivity contribution in [2.45, 2.75) is 0 Å². The van der Waals surface area contributed by atoms with Gasteiger partial charge in [0.2, 0.25) is 0 Å². The van der Waals surface area contributed by atoms with E-state index in [0.717, 1.165) is 9.13 Å². The van der Waals surface area contributed by atoms with Crippen LogP contribution in [0.15, 0.2) is 42.5 Å². The van der Waals surface area contributed by atoms with Crippen LogP contribution < -0.4 is 4.74 Å². The molecule has 0 atom stereocenters. The molecule has 2 aromatic carbocycles. The lowest BCUT2D eigenvalue weighted by Gasteiger charge is -2.06. The summed E-state index contributed by atoms with van der Waals surface area (Å²) < 4.78 is 6.29. The Morgan fingerprint density at radius 2 is 1.92 bits per heavy atom. The van der Waals surface area contributed by atoms with Gasteiger partial charge in [-0.1, -0.05) is 24.1 Å². The van der Waals surface area contributed by atoms with Gasteiger partial charge in [0.15, 0.2) is 0 Å². The van der Waals surface area contributed by atoms with Crippen LogP contribution in [0.4, 0.5) is 0 Å². The Bertz CT molecular complexity index is 871. The van der Waals surface area contributed by atoms with Crippen LogP contribution in [0.2, 0.25) is 0 Å². The molecule has 0 aliphatic heterocycles. The van der Waals surface area contributed by atoms with E-state index in [-0.39, 0.29) is 12.2 Å². The molecule has 0 saturated carbocycles. The molecular weight excluding hydrogens is 417 g/mol. The number of nitriles is 1. The van der Waals surface area contributed by atoms with Gasteiger partial charge < -0.3 is 9.84 Å². The van der Waals surface area contributed by atoms with Crippen LogP contribution in [0.25, 0.3) is 11.6 Å². The van der Waals surface area contributed by atoms with E-state index in [9.17, 15) is 10.1 Å². The lowest BCUT2D eigenvalue weighted by Crippen LogP contribution is -1.96. The SMILES string of the molecule is C#CCOc1ccc(/C=C(/C#N)c2ccc(C(=O)O)cc2)cc1I. The molecule has 0 amide bonds. The van der Waals surface area contributed by atoms with Crippen LogP contribution in [0.5, 0.6) is 5.75 Å². The second kappa shape index (κ2) is 8.19. The van der Waals surface area contributed by atoms with Gasteiger partial charge in [0.1, 0.15) is 12.4 Å². The van der Waals surface area contributed by atoms with Crippen molar-refractivity contribution in [1.82, 2.24) is 0 Å². The first kappa shape index (κ1) is 17.6. The van der Waals surface area contributed by atoms with Crippen molar-refractivity contribution < 1.29 is 14.6 Å². The van der Waals surface area contributed by atoms with Gasteiger partial charge >= 0.3 is 5.97 Å². The highest BCUT2D eigenvalue weighted by atomic mass is 127. The Hall–Kier alpha value is -2.77. The number of carboxylic acid groups (broad SMARTS) is 1. The molecule has 0 aromatic heterocycles. The summed E-state index contributed by atoms with van der Waals surface area (Å²) in [6.07, 6.45) is 6.91. The van der Waals surface area contributed by atoms with Crippen molar-refractivity contribution in [3.8, 4) is 24.2 Å². The normalized spacial score (nSPS) is 10.5. The van der Waals surface area contributed by atoms with Gasteiger partial charge in [-0.05, 0) is 64.1 Å². The molecular formula is C19H12INO3. The summed E-state index contributed by atoms with van der Waals surface area (Å²) in [5, 5.41) is 18.3. The third-order valence-electron chi connectivity index (χ3n) is 3.14. The quantitative estimate of drug-likeness (QED) is 0.337. The molecule has 0 bridgehead atoms. The molecule has 0 fully saturated rings. The highest BCUT2D eigenvalue weighted by Gasteiger charge is 2.06. The molecule has 0 unspecified atom stereocenters. The Labute approximate surface area is 153 Å². The summed E-state index contributed by atoms with van der Waals surface area (Å²) in [5.41, 5.74) is 2.12. The summed E-state index contributed by atoms with van der Waals surface area (Å²) in [6, 6.07) is 13.8. The fourth-order valence-corrected chi connectivity index (χ4v) is 2.68. The number of ether oxygens (including phenoxy) is 1. The van der Waals surface area contributed by atoms with E-state index >= 15 is 0 Å². The summed E-state index contributed by atoms with van der Waals surface area (Å²) in [5.74, 6) is 2.10. The molecule has 1 N–H and O–H groups in total. The minimum absolute atomic E-state index is 0.181. The van der Waals surface area contributed by atoms with Crippen molar-refractivity contribution >= 4 is 40.2 Å². The number of carboxylic acids is 1. The second-order valence-electron chi connectivity index (χ2n) is 4.73. The third-order valence-corrected chi connectivity index (χ3v) is 3.98. The maximum atomic E-state index is 10.9. The molecule has 4 nitrogen and oxygen atoms in total. The highest BCUT2D eigenvalue weighted by molar-refractivity contribution is 14.1. The van der Waals surface area contributed by atoms with E-state index in [4.69, 9.17) is 16.3 Å². The van der Waals surface area contributed by atoms with Gasteiger partial charge in [-0.2, -0.15) is 5.26 Å². The Balaban J connectivity index is 2.30. The van der Waals surface area contributed by atoms with Crippen LogP contribution in [-0.2, 0) is 0 Å². The largest absolute Gasteiger partial charge is 0.480 e. The monoisotopic (exact) mass is 429 g/mol. The molecule has 0 saturated heterocycles. The van der Waals surface area contributed by atoms with Crippen molar-refractivity contribution in [3.63, 3.8) is 0 Å². The first-order valence-corrected chi connectivity index (χ1v) is 7.94. The van der Waals surface area contributed by atoms with Crippen LogP contribution in [0.1, 0.15) is 21.5 Å². The number of carbonyl (C=O) groups is 1. The van der Waals surface area contributed by atoms with Crippen molar-refractivity contribution in [2.75, 3.05) is 6.61 Å². The van der Waals surface area contributed by atoms with E-state index in [1.54, 1.807) is 24.3 Å². The maximum Gasteiger partial charge on any atom is 0.335 e. The van der Waals surface area contributed by atoms with E-state index in [0.29, 0.717) is 16.9 Å². The topological polar surface area (TPSA) is 70.3 Å². The van der Waals surface area contributed by atoms with Crippen molar-refractivity contribution in [3.05, 3.63) is 62.7 Å².